The molecular weight excluding hydrogens is 458 g/mol. The quantitative estimate of drug-likeness (QED) is 0.153. The predicted molar refractivity (Wildman–Crippen MR) is 137 cm³/mol. The lowest BCUT2D eigenvalue weighted by atomic mass is 10.0. The molecule has 0 saturated heterocycles. The van der Waals surface area contributed by atoms with Gasteiger partial charge in [-0.2, -0.15) is 5.11 Å². The van der Waals surface area contributed by atoms with Gasteiger partial charge >= 0.3 is 5.95 Å². The van der Waals surface area contributed by atoms with E-state index in [1.165, 1.54) is 18.2 Å². The minimum atomic E-state index is -0.508. The molecule has 0 unspecified atom stereocenters. The second-order valence-corrected chi connectivity index (χ2v) is 8.07. The fourth-order valence-corrected chi connectivity index (χ4v) is 4.21. The number of furan rings is 1. The topological polar surface area (TPSA) is 126 Å². The average Bonchev–Trinajstić information content (AvgIpc) is 3.24. The Kier molecular flexibility index (Phi) is 5.00. The minimum absolute atomic E-state index is 0.0539. The summed E-state index contributed by atoms with van der Waals surface area (Å²) in [4.78, 5) is 15.5. The van der Waals surface area contributed by atoms with Crippen LogP contribution in [0.1, 0.15) is 5.56 Å². The van der Waals surface area contributed by atoms with Gasteiger partial charge in [0.15, 0.2) is 11.4 Å². The summed E-state index contributed by atoms with van der Waals surface area (Å²) >= 11 is 0. The molecule has 1 aromatic heterocycles. The standard InChI is InChI=1S/C27H17N5O4/c33-27-24(31-30-18-11-6-12-19(15-18)32(34)35)23(25(36-27)17-7-2-1-3-8-17)26-28-20-13-4-9-16-10-5-14-21(29-26)22(16)20/h1-15,33H,(H,28,29). The number of hydrogen-bond acceptors (Lipinski definition) is 8. The van der Waals surface area contributed by atoms with Crippen molar-refractivity contribution in [1.82, 2.24) is 0 Å². The lowest BCUT2D eigenvalue weighted by molar-refractivity contribution is -0.384. The summed E-state index contributed by atoms with van der Waals surface area (Å²) in [5, 5.41) is 35.7. The van der Waals surface area contributed by atoms with Crippen molar-refractivity contribution in [3.05, 3.63) is 107 Å². The number of azo groups is 1. The van der Waals surface area contributed by atoms with Crippen LogP contribution in [0, 0.1) is 10.1 Å². The summed E-state index contributed by atoms with van der Waals surface area (Å²) in [5.41, 5.74) is 2.94. The Morgan fingerprint density at radius 2 is 1.69 bits per heavy atom. The van der Waals surface area contributed by atoms with Crippen LogP contribution in [0.15, 0.2) is 111 Å². The second kappa shape index (κ2) is 8.48. The summed E-state index contributed by atoms with van der Waals surface area (Å²) in [5.74, 6) is 0.343. The molecule has 0 bridgehead atoms. The first-order valence-corrected chi connectivity index (χ1v) is 11.0. The Hall–Kier alpha value is -5.31. The maximum absolute atomic E-state index is 11.1. The number of nitrogens with zero attached hydrogens (tertiary/aromatic N) is 4. The van der Waals surface area contributed by atoms with Gasteiger partial charge in [0, 0.05) is 28.8 Å². The molecule has 1 aliphatic heterocycles. The molecule has 9 heteroatoms. The molecule has 0 aliphatic carbocycles. The van der Waals surface area contributed by atoms with Crippen molar-refractivity contribution < 1.29 is 14.4 Å². The zero-order valence-corrected chi connectivity index (χ0v) is 18.6. The molecule has 0 fully saturated rings. The number of rotatable bonds is 5. The monoisotopic (exact) mass is 475 g/mol. The van der Waals surface area contributed by atoms with Gasteiger partial charge in [0.05, 0.1) is 21.9 Å². The lowest BCUT2D eigenvalue weighted by Crippen LogP contribution is -2.16. The van der Waals surface area contributed by atoms with E-state index in [2.05, 4.69) is 15.5 Å². The van der Waals surface area contributed by atoms with Gasteiger partial charge in [-0.15, -0.1) is 5.11 Å². The molecule has 36 heavy (non-hydrogen) atoms. The zero-order chi connectivity index (χ0) is 24.6. The van der Waals surface area contributed by atoms with Crippen LogP contribution >= 0.6 is 0 Å². The van der Waals surface area contributed by atoms with Crippen molar-refractivity contribution in [2.45, 2.75) is 0 Å². The molecule has 0 amide bonds. The first-order valence-electron chi connectivity index (χ1n) is 11.0. The first kappa shape index (κ1) is 21.2. The van der Waals surface area contributed by atoms with Crippen LogP contribution in [0.5, 0.6) is 5.95 Å². The van der Waals surface area contributed by atoms with Crippen LogP contribution in [-0.2, 0) is 0 Å². The number of nitro benzene ring substituents is 1. The number of amidine groups is 1. The predicted octanol–water partition coefficient (Wildman–Crippen LogP) is 7.63. The zero-order valence-electron chi connectivity index (χ0n) is 18.6. The Morgan fingerprint density at radius 3 is 2.50 bits per heavy atom. The third kappa shape index (κ3) is 3.64. The fraction of sp³-hybridized carbons (Fsp3) is 0. The summed E-state index contributed by atoms with van der Waals surface area (Å²) in [7, 11) is 0. The fourth-order valence-electron chi connectivity index (χ4n) is 4.21. The number of aromatic hydroxyl groups is 1. The van der Waals surface area contributed by atoms with Crippen molar-refractivity contribution in [2.75, 3.05) is 5.32 Å². The molecule has 174 valence electrons. The van der Waals surface area contributed by atoms with Crippen LogP contribution < -0.4 is 5.32 Å². The van der Waals surface area contributed by atoms with Crippen molar-refractivity contribution in [3.63, 3.8) is 0 Å². The number of aliphatic imine (C=N–C) groups is 1. The molecule has 0 atom stereocenters. The molecule has 0 spiro atoms. The van der Waals surface area contributed by atoms with Gasteiger partial charge in [-0.1, -0.05) is 60.7 Å². The Labute approximate surface area is 204 Å². The third-order valence-corrected chi connectivity index (χ3v) is 5.81. The van der Waals surface area contributed by atoms with Crippen LogP contribution in [0.2, 0.25) is 0 Å². The Balaban J connectivity index is 1.53. The smallest absolute Gasteiger partial charge is 0.312 e. The number of non-ortho nitro benzene ring substituents is 1. The van der Waals surface area contributed by atoms with Crippen molar-refractivity contribution >= 4 is 45.0 Å². The van der Waals surface area contributed by atoms with E-state index < -0.39 is 10.9 Å². The van der Waals surface area contributed by atoms with E-state index in [0.29, 0.717) is 22.7 Å². The number of benzene rings is 4. The molecular formula is C27H17N5O4. The highest BCUT2D eigenvalue weighted by Crippen LogP contribution is 2.45. The first-order chi connectivity index (χ1) is 17.6. The van der Waals surface area contributed by atoms with E-state index in [-0.39, 0.29) is 17.1 Å². The third-order valence-electron chi connectivity index (χ3n) is 5.81. The van der Waals surface area contributed by atoms with Crippen molar-refractivity contribution in [2.24, 2.45) is 15.2 Å². The largest absolute Gasteiger partial charge is 0.479 e. The van der Waals surface area contributed by atoms with E-state index in [1.54, 1.807) is 6.07 Å². The molecule has 2 N–H and O–H groups in total. The van der Waals surface area contributed by atoms with Gasteiger partial charge < -0.3 is 14.8 Å². The molecule has 6 rings (SSSR count). The van der Waals surface area contributed by atoms with Gasteiger partial charge in [0.25, 0.3) is 5.69 Å². The average molecular weight is 475 g/mol. The second-order valence-electron chi connectivity index (χ2n) is 8.07. The van der Waals surface area contributed by atoms with Gasteiger partial charge in [-0.05, 0) is 23.6 Å². The van der Waals surface area contributed by atoms with Gasteiger partial charge in [-0.25, -0.2) is 4.99 Å². The molecule has 0 radical (unpaired) electrons. The van der Waals surface area contributed by atoms with E-state index in [0.717, 1.165) is 22.1 Å². The summed E-state index contributed by atoms with van der Waals surface area (Å²) in [6.45, 7) is 0. The van der Waals surface area contributed by atoms with Crippen molar-refractivity contribution in [3.8, 4) is 17.3 Å². The minimum Gasteiger partial charge on any atom is -0.479 e. The Bertz CT molecular complexity index is 1700. The number of nitro groups is 1. The summed E-state index contributed by atoms with van der Waals surface area (Å²) < 4.78 is 5.77. The normalized spacial score (nSPS) is 12.5. The SMILES string of the molecule is O=[N+]([O-])c1cccc(N=Nc2c(O)oc(-c3ccccc3)c2C2=Nc3cccc4cccc(c34)N2)c1. The Morgan fingerprint density at radius 1 is 0.917 bits per heavy atom. The van der Waals surface area contributed by atoms with Crippen LogP contribution in [0.3, 0.4) is 0 Å². The van der Waals surface area contributed by atoms with E-state index >= 15 is 0 Å². The molecule has 0 saturated carbocycles. The van der Waals surface area contributed by atoms with Crippen LogP contribution in [0.25, 0.3) is 22.1 Å². The molecule has 5 aromatic rings. The number of nitrogens with one attached hydrogen (secondary N) is 1. The summed E-state index contributed by atoms with van der Waals surface area (Å²) in [6, 6.07) is 26.8. The van der Waals surface area contributed by atoms with E-state index in [9.17, 15) is 15.2 Å². The van der Waals surface area contributed by atoms with Gasteiger partial charge in [0.2, 0.25) is 0 Å². The number of hydrogen-bond donors (Lipinski definition) is 2. The molecule has 2 heterocycles. The van der Waals surface area contributed by atoms with Gasteiger partial charge in [0.1, 0.15) is 5.84 Å². The highest BCUT2D eigenvalue weighted by molar-refractivity contribution is 6.22. The van der Waals surface area contributed by atoms with E-state index in [1.807, 2.05) is 66.7 Å². The molecule has 9 nitrogen and oxygen atoms in total. The summed E-state index contributed by atoms with van der Waals surface area (Å²) in [6.07, 6.45) is 0. The maximum atomic E-state index is 11.1. The van der Waals surface area contributed by atoms with Gasteiger partial charge in [-0.3, -0.25) is 10.1 Å². The van der Waals surface area contributed by atoms with E-state index in [4.69, 9.17) is 9.41 Å². The maximum Gasteiger partial charge on any atom is 0.312 e. The highest BCUT2D eigenvalue weighted by atomic mass is 16.6. The molecule has 4 aromatic carbocycles. The lowest BCUT2D eigenvalue weighted by Gasteiger charge is -2.19. The van der Waals surface area contributed by atoms with Crippen molar-refractivity contribution in [1.29, 1.82) is 0 Å². The number of anilines is 1. The van der Waals surface area contributed by atoms with Crippen LogP contribution in [0.4, 0.5) is 28.4 Å². The molecule has 1 aliphatic rings. The van der Waals surface area contributed by atoms with Crippen LogP contribution in [-0.4, -0.2) is 15.9 Å². The highest BCUT2D eigenvalue weighted by Gasteiger charge is 2.28.